The van der Waals surface area contributed by atoms with E-state index < -0.39 is 0 Å². The van der Waals surface area contributed by atoms with Crippen LogP contribution in [0.4, 0.5) is 16.2 Å². The Balaban J connectivity index is 1.27. The van der Waals surface area contributed by atoms with E-state index in [4.69, 9.17) is 32.7 Å². The second-order valence-electron chi connectivity index (χ2n) is 12.7. The molecular formula is C34H48Cl2N4O4. The maximum atomic E-state index is 13.2. The Bertz CT molecular complexity index is 1270. The largest absolute Gasteiger partial charge is 0.494 e. The predicted molar refractivity (Wildman–Crippen MR) is 180 cm³/mol. The zero-order valence-electron chi connectivity index (χ0n) is 26.9. The van der Waals surface area contributed by atoms with Crippen LogP contribution in [0.1, 0.15) is 52.5 Å². The Morgan fingerprint density at radius 3 is 2.43 bits per heavy atom. The van der Waals surface area contributed by atoms with Gasteiger partial charge in [-0.15, -0.1) is 0 Å². The van der Waals surface area contributed by atoms with Gasteiger partial charge in [-0.05, 0) is 61.4 Å². The van der Waals surface area contributed by atoms with Crippen molar-refractivity contribution in [2.24, 2.45) is 11.8 Å². The summed E-state index contributed by atoms with van der Waals surface area (Å²) in [5.74, 6) is 1.25. The lowest BCUT2D eigenvalue weighted by Crippen LogP contribution is -2.49. The minimum Gasteiger partial charge on any atom is -0.494 e. The average molecular weight is 648 g/mol. The lowest BCUT2D eigenvalue weighted by atomic mass is 9.95. The van der Waals surface area contributed by atoms with Gasteiger partial charge in [-0.1, -0.05) is 63.0 Å². The number of aryl methyl sites for hydroxylation is 1. The fourth-order valence-electron chi connectivity index (χ4n) is 5.96. The summed E-state index contributed by atoms with van der Waals surface area (Å²) in [6, 6.07) is 11.6. The second-order valence-corrected chi connectivity index (χ2v) is 13.5. The highest BCUT2D eigenvalue weighted by molar-refractivity contribution is 6.43. The number of carbonyl (C=O) groups excluding carboxylic acids is 2. The van der Waals surface area contributed by atoms with Gasteiger partial charge in [0.2, 0.25) is 5.91 Å². The van der Waals surface area contributed by atoms with Gasteiger partial charge in [0, 0.05) is 52.3 Å². The Morgan fingerprint density at radius 2 is 1.73 bits per heavy atom. The Labute approximate surface area is 273 Å². The van der Waals surface area contributed by atoms with Crippen LogP contribution in [0.25, 0.3) is 0 Å². The molecule has 1 saturated heterocycles. The summed E-state index contributed by atoms with van der Waals surface area (Å²) < 4.78 is 11.9. The summed E-state index contributed by atoms with van der Waals surface area (Å²) in [4.78, 5) is 34.1. The van der Waals surface area contributed by atoms with Gasteiger partial charge in [-0.2, -0.15) is 0 Å². The molecule has 2 aromatic carbocycles. The summed E-state index contributed by atoms with van der Waals surface area (Å²) >= 11 is 12.6. The zero-order chi connectivity index (χ0) is 31.8. The van der Waals surface area contributed by atoms with Crippen LogP contribution in [-0.2, 0) is 16.0 Å². The second kappa shape index (κ2) is 16.1. The topological polar surface area (TPSA) is 65.6 Å². The Kier molecular flexibility index (Phi) is 12.5. The third-order valence-corrected chi connectivity index (χ3v) is 9.21. The number of rotatable bonds is 13. The van der Waals surface area contributed by atoms with Gasteiger partial charge in [0.25, 0.3) is 0 Å². The Hall–Kier alpha value is -2.68. The quantitative estimate of drug-likeness (QED) is 0.218. The number of piperazine rings is 1. The van der Waals surface area contributed by atoms with Crippen LogP contribution in [-0.4, -0.2) is 87.4 Å². The molecular weight excluding hydrogens is 599 g/mol. The van der Waals surface area contributed by atoms with Crippen LogP contribution in [0, 0.1) is 11.8 Å². The maximum Gasteiger partial charge on any atom is 0.409 e. The van der Waals surface area contributed by atoms with Crippen molar-refractivity contribution in [1.82, 2.24) is 9.80 Å². The normalized spacial score (nSPS) is 16.3. The molecule has 1 atom stereocenters. The van der Waals surface area contributed by atoms with Crippen molar-refractivity contribution in [3.05, 3.63) is 52.0 Å². The fraction of sp³-hybridized carbons (Fsp3) is 0.588. The molecule has 0 spiro atoms. The van der Waals surface area contributed by atoms with Crippen LogP contribution in [0.15, 0.2) is 36.4 Å². The molecule has 44 heavy (non-hydrogen) atoms. The molecule has 242 valence electrons. The third-order valence-electron chi connectivity index (χ3n) is 8.40. The minimum absolute atomic E-state index is 0.0534. The first-order valence-electron chi connectivity index (χ1n) is 15.9. The van der Waals surface area contributed by atoms with Crippen LogP contribution in [0.5, 0.6) is 5.75 Å². The van der Waals surface area contributed by atoms with Gasteiger partial charge in [-0.25, -0.2) is 4.79 Å². The van der Waals surface area contributed by atoms with E-state index in [9.17, 15) is 9.59 Å². The minimum atomic E-state index is -0.362. The van der Waals surface area contributed by atoms with Gasteiger partial charge in [0.15, 0.2) is 0 Å². The van der Waals surface area contributed by atoms with Crippen LogP contribution in [0.3, 0.4) is 0 Å². The van der Waals surface area contributed by atoms with Crippen LogP contribution < -0.4 is 14.5 Å². The molecule has 0 saturated carbocycles. The number of amides is 2. The number of nitrogens with zero attached hydrogens (tertiary/aromatic N) is 4. The van der Waals surface area contributed by atoms with Gasteiger partial charge in [0.05, 0.1) is 34.1 Å². The molecule has 10 heteroatoms. The van der Waals surface area contributed by atoms with E-state index in [-0.39, 0.29) is 30.6 Å². The number of carbonyl (C=O) groups is 2. The number of hydrogen-bond acceptors (Lipinski definition) is 6. The highest BCUT2D eigenvalue weighted by Crippen LogP contribution is 2.35. The number of fused-ring (bicyclic) bond motifs is 1. The molecule has 1 unspecified atom stereocenters. The van der Waals surface area contributed by atoms with E-state index in [1.165, 1.54) is 0 Å². The van der Waals surface area contributed by atoms with Crippen molar-refractivity contribution in [3.8, 4) is 5.75 Å². The molecule has 2 aliphatic heterocycles. The van der Waals surface area contributed by atoms with Crippen molar-refractivity contribution < 1.29 is 19.1 Å². The lowest BCUT2D eigenvalue weighted by Gasteiger charge is -2.38. The van der Waals surface area contributed by atoms with E-state index in [0.29, 0.717) is 42.0 Å². The summed E-state index contributed by atoms with van der Waals surface area (Å²) in [5.41, 5.74) is 2.98. The van der Waals surface area contributed by atoms with Crippen molar-refractivity contribution in [2.45, 2.75) is 59.4 Å². The van der Waals surface area contributed by atoms with E-state index in [1.54, 1.807) is 11.9 Å². The molecule has 0 bridgehead atoms. The van der Waals surface area contributed by atoms with Gasteiger partial charge in [-0.3, -0.25) is 9.69 Å². The molecule has 2 aliphatic rings. The van der Waals surface area contributed by atoms with E-state index in [1.807, 2.05) is 35.2 Å². The van der Waals surface area contributed by atoms with E-state index in [2.05, 4.69) is 43.6 Å². The van der Waals surface area contributed by atoms with Crippen LogP contribution >= 0.6 is 23.2 Å². The van der Waals surface area contributed by atoms with E-state index >= 15 is 0 Å². The summed E-state index contributed by atoms with van der Waals surface area (Å²) in [5, 5.41) is 1.22. The molecule has 0 aromatic heterocycles. The standard InChI is InChI=1S/C34H48Cl2N4O4/c1-24(2)22-37(5)34(42)44-23-31(25(3)4)40-30-21-27(13-11-26(30)12-14-32(40)41)43-20-7-6-15-38-16-18-39(19-17-38)29-10-8-9-28(35)33(29)36/h8-11,13,21,24-25,31H,6-7,12,14-20,22-23H2,1-5H3. The average Bonchev–Trinajstić information content (AvgIpc) is 2.99. The predicted octanol–water partition coefficient (Wildman–Crippen LogP) is 7.00. The monoisotopic (exact) mass is 646 g/mol. The van der Waals surface area contributed by atoms with Crippen molar-refractivity contribution in [1.29, 1.82) is 0 Å². The number of benzene rings is 2. The first-order valence-corrected chi connectivity index (χ1v) is 16.7. The molecule has 2 aromatic rings. The van der Waals surface area contributed by atoms with Gasteiger partial charge < -0.3 is 24.2 Å². The SMILES string of the molecule is CC(C)CN(C)C(=O)OCC(C(C)C)N1C(=O)CCc2ccc(OCCCCN3CCN(c4cccc(Cl)c4Cl)CC3)cc21. The third kappa shape index (κ3) is 8.95. The number of hydrogen-bond donors (Lipinski definition) is 0. The van der Waals surface area contributed by atoms with Crippen molar-refractivity contribution in [2.75, 3.05) is 69.3 Å². The Morgan fingerprint density at radius 1 is 0.977 bits per heavy atom. The van der Waals surface area contributed by atoms with E-state index in [0.717, 1.165) is 68.3 Å². The molecule has 0 N–H and O–H groups in total. The fourth-order valence-corrected chi connectivity index (χ4v) is 6.37. The first kappa shape index (κ1) is 34.2. The van der Waals surface area contributed by atoms with Crippen molar-refractivity contribution in [3.63, 3.8) is 0 Å². The number of ether oxygens (including phenoxy) is 2. The molecule has 0 radical (unpaired) electrons. The zero-order valence-corrected chi connectivity index (χ0v) is 28.4. The molecule has 2 heterocycles. The van der Waals surface area contributed by atoms with Crippen molar-refractivity contribution >= 4 is 46.6 Å². The molecule has 8 nitrogen and oxygen atoms in total. The molecule has 0 aliphatic carbocycles. The summed E-state index contributed by atoms with van der Waals surface area (Å²) in [6.07, 6.45) is 2.76. The number of halogens is 2. The molecule has 2 amide bonds. The maximum absolute atomic E-state index is 13.2. The summed E-state index contributed by atoms with van der Waals surface area (Å²) in [6.45, 7) is 14.5. The van der Waals surface area contributed by atoms with Gasteiger partial charge >= 0.3 is 6.09 Å². The smallest absolute Gasteiger partial charge is 0.409 e. The molecule has 1 fully saturated rings. The first-order chi connectivity index (χ1) is 21.0. The highest BCUT2D eigenvalue weighted by Gasteiger charge is 2.34. The lowest BCUT2D eigenvalue weighted by molar-refractivity contribution is -0.119. The highest BCUT2D eigenvalue weighted by atomic mass is 35.5. The number of anilines is 2. The molecule has 4 rings (SSSR count). The van der Waals surface area contributed by atoms with Crippen LogP contribution in [0.2, 0.25) is 10.0 Å². The number of unbranched alkanes of at least 4 members (excludes halogenated alkanes) is 1. The summed E-state index contributed by atoms with van der Waals surface area (Å²) in [7, 11) is 1.75. The van der Waals surface area contributed by atoms with Gasteiger partial charge in [0.1, 0.15) is 12.4 Å².